The highest BCUT2D eigenvalue weighted by molar-refractivity contribution is 7.63. The Morgan fingerprint density at radius 1 is 1.14 bits per heavy atom. The Morgan fingerprint density at radius 3 is 2.39 bits per heavy atom. The summed E-state index contributed by atoms with van der Waals surface area (Å²) in [6, 6.07) is 0.934. The van der Waals surface area contributed by atoms with E-state index in [1.54, 1.807) is 6.07 Å². The number of esters is 2. The van der Waals surface area contributed by atoms with Crippen LogP contribution in [0.25, 0.3) is 11.0 Å². The first-order chi connectivity index (χ1) is 21.0. The van der Waals surface area contributed by atoms with Crippen molar-refractivity contribution in [2.75, 3.05) is 23.6 Å². The number of rotatable bonds is 15. The number of nitrogens with zero attached hydrogens (tertiary/aromatic N) is 4. The lowest BCUT2D eigenvalue weighted by Gasteiger charge is -2.28. The predicted octanol–water partition coefficient (Wildman–Crippen LogP) is 2.36. The molecule has 4 rings (SSSR count). The lowest BCUT2D eigenvalue weighted by atomic mass is 10.2. The summed E-state index contributed by atoms with van der Waals surface area (Å²) in [5, 5.41) is 18.6. The molecule has 2 aromatic rings. The molecule has 15 nitrogen and oxygen atoms in total. The molecular formula is C28H40N7O8P. The van der Waals surface area contributed by atoms with Gasteiger partial charge in [-0.05, 0) is 38.8 Å². The first-order valence-electron chi connectivity index (χ1n) is 14.8. The second kappa shape index (κ2) is 15.0. The smallest absolute Gasteiger partial charge is 0.323 e. The van der Waals surface area contributed by atoms with Gasteiger partial charge in [-0.3, -0.25) is 24.4 Å². The Labute approximate surface area is 255 Å². The van der Waals surface area contributed by atoms with Gasteiger partial charge < -0.3 is 19.3 Å². The summed E-state index contributed by atoms with van der Waals surface area (Å²) in [5.74, 6) is 0.541. The van der Waals surface area contributed by atoms with Crippen molar-refractivity contribution in [3.8, 4) is 0 Å². The van der Waals surface area contributed by atoms with Gasteiger partial charge in [0.1, 0.15) is 24.5 Å². The molecule has 2 aliphatic rings. The monoisotopic (exact) mass is 633 g/mol. The third-order valence-corrected chi connectivity index (χ3v) is 9.13. The van der Waals surface area contributed by atoms with Crippen LogP contribution in [0.15, 0.2) is 35.1 Å². The van der Waals surface area contributed by atoms with E-state index in [0.717, 1.165) is 12.8 Å². The number of ether oxygens (including phenoxy) is 3. The number of unbranched alkanes of at least 4 members (excludes halogenated alkanes) is 2. The van der Waals surface area contributed by atoms with Crippen LogP contribution < -0.4 is 26.2 Å². The summed E-state index contributed by atoms with van der Waals surface area (Å²) < 4.78 is 30.7. The summed E-state index contributed by atoms with van der Waals surface area (Å²) in [6.07, 6.45) is 3.41. The van der Waals surface area contributed by atoms with E-state index in [-0.39, 0.29) is 25.3 Å². The third-order valence-electron chi connectivity index (χ3n) is 7.00. The van der Waals surface area contributed by atoms with E-state index >= 15 is 0 Å². The summed E-state index contributed by atoms with van der Waals surface area (Å²) >= 11 is 0. The SMILES string of the molecule is CCCCOC(=O)[C@@H](C)NP(=O)(/C=C/[C@@H]1C[C@@H](O)[C@H](N2Nc3ccc(=O)nc4ncnc2c34)O1)N[C@H](C)C(=O)OCCCC. The Morgan fingerprint density at radius 2 is 1.77 bits per heavy atom. The van der Waals surface area contributed by atoms with Crippen LogP contribution in [0.1, 0.15) is 59.8 Å². The molecule has 0 bridgehead atoms. The van der Waals surface area contributed by atoms with Crippen molar-refractivity contribution >= 4 is 41.9 Å². The molecule has 4 N–H and O–H groups in total. The lowest BCUT2D eigenvalue weighted by molar-refractivity contribution is -0.145. The van der Waals surface area contributed by atoms with E-state index in [9.17, 15) is 24.1 Å². The highest BCUT2D eigenvalue weighted by Crippen LogP contribution is 2.42. The van der Waals surface area contributed by atoms with Crippen LogP contribution in [0.5, 0.6) is 0 Å². The van der Waals surface area contributed by atoms with Crippen LogP contribution in [0.3, 0.4) is 0 Å². The highest BCUT2D eigenvalue weighted by atomic mass is 31.2. The third kappa shape index (κ3) is 8.16. The minimum absolute atomic E-state index is 0.143. The van der Waals surface area contributed by atoms with Gasteiger partial charge in [0.2, 0.25) is 7.44 Å². The van der Waals surface area contributed by atoms with Gasteiger partial charge in [0, 0.05) is 18.3 Å². The second-order valence-electron chi connectivity index (χ2n) is 10.7. The zero-order chi connectivity index (χ0) is 31.9. The van der Waals surface area contributed by atoms with E-state index in [0.29, 0.717) is 29.7 Å². The minimum Gasteiger partial charge on any atom is -0.465 e. The highest BCUT2D eigenvalue weighted by Gasteiger charge is 2.41. The van der Waals surface area contributed by atoms with Crippen molar-refractivity contribution in [3.63, 3.8) is 0 Å². The van der Waals surface area contributed by atoms with Crippen molar-refractivity contribution < 1.29 is 33.5 Å². The predicted molar refractivity (Wildman–Crippen MR) is 163 cm³/mol. The van der Waals surface area contributed by atoms with Crippen LogP contribution >= 0.6 is 7.44 Å². The van der Waals surface area contributed by atoms with Crippen LogP contribution in [0.2, 0.25) is 0 Å². The number of aliphatic hydroxyl groups excluding tert-OH is 1. The zero-order valence-electron chi connectivity index (χ0n) is 25.3. The van der Waals surface area contributed by atoms with Crippen LogP contribution in [-0.2, 0) is 28.4 Å². The Bertz CT molecular complexity index is 1440. The van der Waals surface area contributed by atoms with Gasteiger partial charge in [-0.15, -0.1) is 0 Å². The molecule has 2 aliphatic heterocycles. The van der Waals surface area contributed by atoms with E-state index < -0.39 is 55.5 Å². The van der Waals surface area contributed by atoms with Crippen LogP contribution in [0.4, 0.5) is 11.5 Å². The van der Waals surface area contributed by atoms with Gasteiger partial charge >= 0.3 is 11.9 Å². The van der Waals surface area contributed by atoms with Gasteiger partial charge in [0.05, 0.1) is 30.4 Å². The number of hydrogen-bond donors (Lipinski definition) is 4. The van der Waals surface area contributed by atoms with Crippen molar-refractivity contribution in [1.82, 2.24) is 25.1 Å². The fourth-order valence-electron chi connectivity index (χ4n) is 4.66. The maximum atomic E-state index is 14.1. The molecule has 240 valence electrons. The molecule has 4 heterocycles. The molecule has 44 heavy (non-hydrogen) atoms. The van der Waals surface area contributed by atoms with Gasteiger partial charge in [-0.2, -0.15) is 4.98 Å². The van der Waals surface area contributed by atoms with Crippen molar-refractivity contribution in [2.24, 2.45) is 0 Å². The number of aromatic nitrogens is 3. The molecule has 0 amide bonds. The molecular weight excluding hydrogens is 593 g/mol. The van der Waals surface area contributed by atoms with Gasteiger partial charge in [0.15, 0.2) is 17.7 Å². The molecule has 0 spiro atoms. The van der Waals surface area contributed by atoms with Crippen LogP contribution in [0, 0.1) is 0 Å². The minimum atomic E-state index is -3.76. The number of hydrogen-bond acceptors (Lipinski definition) is 13. The maximum absolute atomic E-state index is 14.1. The maximum Gasteiger partial charge on any atom is 0.323 e. The Kier molecular flexibility index (Phi) is 11.4. The summed E-state index contributed by atoms with van der Waals surface area (Å²) in [5.41, 5.74) is 3.37. The molecule has 16 heteroatoms. The van der Waals surface area contributed by atoms with Crippen molar-refractivity contribution in [1.29, 1.82) is 0 Å². The number of anilines is 2. The quantitative estimate of drug-likeness (QED) is 0.127. The summed E-state index contributed by atoms with van der Waals surface area (Å²) in [4.78, 5) is 49.4. The molecule has 1 fully saturated rings. The number of hydrazine groups is 1. The lowest BCUT2D eigenvalue weighted by Crippen LogP contribution is -2.44. The number of carbonyl (C=O) groups is 2. The average molecular weight is 634 g/mol. The molecule has 0 aromatic carbocycles. The first kappa shape index (κ1) is 33.4. The molecule has 0 aliphatic carbocycles. The fraction of sp³-hybridized carbons (Fsp3) is 0.571. The number of carbonyl (C=O) groups excluding carboxylic acids is 2. The second-order valence-corrected chi connectivity index (χ2v) is 12.8. The molecule has 5 atom stereocenters. The molecule has 0 radical (unpaired) electrons. The van der Waals surface area contributed by atoms with Gasteiger partial charge in [-0.25, -0.2) is 25.2 Å². The van der Waals surface area contributed by atoms with Gasteiger partial charge in [-0.1, -0.05) is 26.7 Å². The molecule has 0 unspecified atom stereocenters. The number of aliphatic hydroxyl groups is 1. The zero-order valence-corrected chi connectivity index (χ0v) is 26.2. The van der Waals surface area contributed by atoms with E-state index in [2.05, 4.69) is 30.6 Å². The Hall–Kier alpha value is -3.49. The topological polar surface area (TPSA) is 194 Å². The Balaban J connectivity index is 1.50. The average Bonchev–Trinajstić information content (AvgIpc) is 3.49. The largest absolute Gasteiger partial charge is 0.465 e. The number of nitrogens with one attached hydrogen (secondary N) is 3. The van der Waals surface area contributed by atoms with Gasteiger partial charge in [0.25, 0.3) is 5.56 Å². The van der Waals surface area contributed by atoms with Crippen molar-refractivity contribution in [2.45, 2.75) is 90.3 Å². The fourth-order valence-corrected chi connectivity index (χ4v) is 6.70. The van der Waals surface area contributed by atoms with E-state index in [1.165, 1.54) is 43.1 Å². The van der Waals surface area contributed by atoms with E-state index in [1.807, 2.05) is 13.8 Å². The van der Waals surface area contributed by atoms with Crippen LogP contribution in [-0.4, -0.2) is 75.7 Å². The van der Waals surface area contributed by atoms with E-state index in [4.69, 9.17) is 14.2 Å². The molecule has 1 saturated heterocycles. The first-order valence-corrected chi connectivity index (χ1v) is 16.6. The summed E-state index contributed by atoms with van der Waals surface area (Å²) in [6.45, 7) is 7.47. The molecule has 0 saturated carbocycles. The molecule has 2 aromatic heterocycles. The standard InChI is InChI=1S/C28H40N7O8P/c1-5-7-12-41-27(38)17(3)33-44(40,34-18(4)28(39)42-13-8-6-2)14-11-19-15-21(36)26(43-19)35-25-23-20(32-35)9-10-22(37)31-24(23)29-16-30-25/h9-11,14,16-19,21,26,32,36H,5-8,12-13,15H2,1-4H3,(H2,33,34,40)/b14-11+/t17-,18-,19-,21-,26-/m1/s1. The van der Waals surface area contributed by atoms with Crippen molar-refractivity contribution in [3.05, 3.63) is 40.7 Å². The normalized spacial score (nSPS) is 20.9. The summed E-state index contributed by atoms with van der Waals surface area (Å²) in [7, 11) is -3.76.